The Morgan fingerprint density at radius 1 is 1.21 bits per heavy atom. The summed E-state index contributed by atoms with van der Waals surface area (Å²) < 4.78 is 1.80. The van der Waals surface area contributed by atoms with Gasteiger partial charge in [-0.25, -0.2) is 4.98 Å². The van der Waals surface area contributed by atoms with Crippen LogP contribution in [0.5, 0.6) is 0 Å². The predicted molar refractivity (Wildman–Crippen MR) is 74.6 cm³/mol. The van der Waals surface area contributed by atoms with Crippen LogP contribution in [0.4, 0.5) is 5.69 Å². The Morgan fingerprint density at radius 3 is 2.89 bits per heavy atom. The molecule has 0 saturated heterocycles. The number of pyridine rings is 1. The topological polar surface area (TPSA) is 46.4 Å². The molecule has 1 N–H and O–H groups in total. The van der Waals surface area contributed by atoms with Gasteiger partial charge in [-0.1, -0.05) is 23.7 Å². The molecule has 4 nitrogen and oxygen atoms in total. The molecular weight excluding hydrogens is 262 g/mol. The molecular formula is C14H10ClN3O. The first-order valence-corrected chi connectivity index (χ1v) is 6.11. The van der Waals surface area contributed by atoms with Crippen molar-refractivity contribution in [3.8, 4) is 0 Å². The van der Waals surface area contributed by atoms with Crippen LogP contribution >= 0.6 is 11.6 Å². The molecule has 0 radical (unpaired) electrons. The smallest absolute Gasteiger partial charge is 0.275 e. The molecule has 2 heterocycles. The van der Waals surface area contributed by atoms with E-state index in [0.717, 1.165) is 5.65 Å². The normalized spacial score (nSPS) is 10.6. The second-order valence-electron chi connectivity index (χ2n) is 4.06. The number of aromatic nitrogens is 2. The summed E-state index contributed by atoms with van der Waals surface area (Å²) in [5.74, 6) is -0.258. The Balaban J connectivity index is 1.87. The van der Waals surface area contributed by atoms with E-state index in [2.05, 4.69) is 10.3 Å². The number of nitrogens with one attached hydrogen (secondary N) is 1. The largest absolute Gasteiger partial charge is 0.321 e. The van der Waals surface area contributed by atoms with Crippen molar-refractivity contribution in [2.45, 2.75) is 0 Å². The summed E-state index contributed by atoms with van der Waals surface area (Å²) in [5, 5.41) is 3.34. The van der Waals surface area contributed by atoms with Crippen LogP contribution in [0.15, 0.2) is 54.9 Å². The number of benzene rings is 1. The number of carbonyl (C=O) groups excluding carboxylic acids is 1. The van der Waals surface area contributed by atoms with Crippen molar-refractivity contribution in [3.63, 3.8) is 0 Å². The van der Waals surface area contributed by atoms with Crippen molar-refractivity contribution in [1.82, 2.24) is 9.38 Å². The molecule has 3 rings (SSSR count). The fourth-order valence-corrected chi connectivity index (χ4v) is 2.00. The van der Waals surface area contributed by atoms with E-state index >= 15 is 0 Å². The molecule has 5 heteroatoms. The number of imidazole rings is 1. The van der Waals surface area contributed by atoms with Gasteiger partial charge in [0.25, 0.3) is 5.91 Å². The van der Waals surface area contributed by atoms with Crippen LogP contribution in [0.2, 0.25) is 5.02 Å². The van der Waals surface area contributed by atoms with Crippen molar-refractivity contribution in [2.24, 2.45) is 0 Å². The van der Waals surface area contributed by atoms with E-state index in [9.17, 15) is 4.79 Å². The van der Waals surface area contributed by atoms with Gasteiger partial charge in [0.15, 0.2) is 0 Å². The molecule has 1 aromatic carbocycles. The van der Waals surface area contributed by atoms with Gasteiger partial charge >= 0.3 is 0 Å². The van der Waals surface area contributed by atoms with Crippen molar-refractivity contribution < 1.29 is 4.79 Å². The standard InChI is InChI=1S/C14H10ClN3O/c15-10-4-3-5-11(8-10)16-14(19)12-9-18-7-2-1-6-13(18)17-12/h1-9H,(H,16,19). The molecule has 0 saturated carbocycles. The summed E-state index contributed by atoms with van der Waals surface area (Å²) in [5.41, 5.74) is 1.75. The third-order valence-electron chi connectivity index (χ3n) is 2.68. The lowest BCUT2D eigenvalue weighted by molar-refractivity contribution is 0.102. The van der Waals surface area contributed by atoms with Gasteiger partial charge in [-0.15, -0.1) is 0 Å². The number of rotatable bonds is 2. The van der Waals surface area contributed by atoms with Gasteiger partial charge in [0.2, 0.25) is 0 Å². The van der Waals surface area contributed by atoms with Crippen LogP contribution in [-0.4, -0.2) is 15.3 Å². The zero-order chi connectivity index (χ0) is 13.2. The van der Waals surface area contributed by atoms with Crippen LogP contribution in [0.25, 0.3) is 5.65 Å². The summed E-state index contributed by atoms with van der Waals surface area (Å²) in [4.78, 5) is 16.3. The summed E-state index contributed by atoms with van der Waals surface area (Å²) >= 11 is 5.87. The van der Waals surface area contributed by atoms with Gasteiger partial charge in [0, 0.05) is 23.1 Å². The number of carbonyl (C=O) groups is 1. The lowest BCUT2D eigenvalue weighted by Crippen LogP contribution is -2.12. The molecule has 0 atom stereocenters. The van der Waals surface area contributed by atoms with Crippen LogP contribution in [-0.2, 0) is 0 Å². The number of fused-ring (bicyclic) bond motifs is 1. The minimum atomic E-state index is -0.258. The summed E-state index contributed by atoms with van der Waals surface area (Å²) in [6.07, 6.45) is 3.54. The quantitative estimate of drug-likeness (QED) is 0.778. The molecule has 0 unspecified atom stereocenters. The van der Waals surface area contributed by atoms with Gasteiger partial charge < -0.3 is 9.72 Å². The van der Waals surface area contributed by atoms with Gasteiger partial charge in [-0.2, -0.15) is 0 Å². The monoisotopic (exact) mass is 271 g/mol. The fourth-order valence-electron chi connectivity index (χ4n) is 1.81. The molecule has 3 aromatic rings. The zero-order valence-corrected chi connectivity index (χ0v) is 10.6. The van der Waals surface area contributed by atoms with Crippen molar-refractivity contribution in [1.29, 1.82) is 0 Å². The van der Waals surface area contributed by atoms with E-state index in [1.807, 2.05) is 24.4 Å². The molecule has 0 aliphatic rings. The number of hydrogen-bond acceptors (Lipinski definition) is 2. The maximum atomic E-state index is 12.1. The average Bonchev–Trinajstić information content (AvgIpc) is 2.82. The van der Waals surface area contributed by atoms with E-state index in [1.54, 1.807) is 34.9 Å². The SMILES string of the molecule is O=C(Nc1cccc(Cl)c1)c1cn2ccccc2n1. The molecule has 94 valence electrons. The highest BCUT2D eigenvalue weighted by Gasteiger charge is 2.10. The third-order valence-corrected chi connectivity index (χ3v) is 2.91. The summed E-state index contributed by atoms with van der Waals surface area (Å²) in [6, 6.07) is 12.6. The molecule has 0 fully saturated rings. The average molecular weight is 272 g/mol. The van der Waals surface area contributed by atoms with Crippen LogP contribution in [0, 0.1) is 0 Å². The van der Waals surface area contributed by atoms with Gasteiger partial charge in [-0.05, 0) is 30.3 Å². The molecule has 19 heavy (non-hydrogen) atoms. The highest BCUT2D eigenvalue weighted by molar-refractivity contribution is 6.30. The third kappa shape index (κ3) is 2.44. The number of amides is 1. The van der Waals surface area contributed by atoms with Gasteiger partial charge in [0.05, 0.1) is 0 Å². The Morgan fingerprint density at radius 2 is 2.11 bits per heavy atom. The zero-order valence-electron chi connectivity index (χ0n) is 9.88. The molecule has 0 aliphatic heterocycles. The lowest BCUT2D eigenvalue weighted by atomic mass is 10.3. The van der Waals surface area contributed by atoms with Crippen molar-refractivity contribution in [3.05, 3.63) is 65.6 Å². The number of halogens is 1. The first kappa shape index (κ1) is 11.7. The van der Waals surface area contributed by atoms with Crippen molar-refractivity contribution >= 4 is 28.8 Å². The Kier molecular flexibility index (Phi) is 2.93. The van der Waals surface area contributed by atoms with E-state index in [4.69, 9.17) is 11.6 Å². The maximum Gasteiger partial charge on any atom is 0.275 e. The minimum Gasteiger partial charge on any atom is -0.321 e. The molecule has 0 spiro atoms. The lowest BCUT2D eigenvalue weighted by Gasteiger charge is -2.02. The minimum absolute atomic E-state index is 0.258. The van der Waals surface area contributed by atoms with Crippen molar-refractivity contribution in [2.75, 3.05) is 5.32 Å². The van der Waals surface area contributed by atoms with Crippen LogP contribution in [0.3, 0.4) is 0 Å². The molecule has 2 aromatic heterocycles. The number of anilines is 1. The van der Waals surface area contributed by atoms with E-state index < -0.39 is 0 Å². The second-order valence-corrected chi connectivity index (χ2v) is 4.49. The number of nitrogens with zero attached hydrogens (tertiary/aromatic N) is 2. The maximum absolute atomic E-state index is 12.1. The molecule has 0 aliphatic carbocycles. The van der Waals surface area contributed by atoms with Gasteiger partial charge in [-0.3, -0.25) is 4.79 Å². The highest BCUT2D eigenvalue weighted by Crippen LogP contribution is 2.16. The number of hydrogen-bond donors (Lipinski definition) is 1. The first-order chi connectivity index (χ1) is 9.22. The fraction of sp³-hybridized carbons (Fsp3) is 0. The molecule has 0 bridgehead atoms. The van der Waals surface area contributed by atoms with E-state index in [0.29, 0.717) is 16.4 Å². The highest BCUT2D eigenvalue weighted by atomic mass is 35.5. The van der Waals surface area contributed by atoms with E-state index in [1.165, 1.54) is 0 Å². The van der Waals surface area contributed by atoms with Crippen LogP contribution < -0.4 is 5.32 Å². The molecule has 1 amide bonds. The van der Waals surface area contributed by atoms with Gasteiger partial charge in [0.1, 0.15) is 11.3 Å². The summed E-state index contributed by atoms with van der Waals surface area (Å²) in [6.45, 7) is 0. The predicted octanol–water partition coefficient (Wildman–Crippen LogP) is 3.24. The summed E-state index contributed by atoms with van der Waals surface area (Å²) in [7, 11) is 0. The Labute approximate surface area is 114 Å². The Hall–Kier alpha value is -2.33. The first-order valence-electron chi connectivity index (χ1n) is 5.73. The van der Waals surface area contributed by atoms with E-state index in [-0.39, 0.29) is 5.91 Å². The Bertz CT molecular complexity index is 718. The second kappa shape index (κ2) is 4.74. The van der Waals surface area contributed by atoms with Crippen LogP contribution in [0.1, 0.15) is 10.5 Å².